The van der Waals surface area contributed by atoms with Crippen molar-refractivity contribution in [1.29, 1.82) is 0 Å². The Kier molecular flexibility index (Phi) is 6.87. The first-order valence-electron chi connectivity index (χ1n) is 10.6. The molecule has 0 bridgehead atoms. The van der Waals surface area contributed by atoms with Gasteiger partial charge in [-0.3, -0.25) is 9.69 Å². The summed E-state index contributed by atoms with van der Waals surface area (Å²) >= 11 is 1.22. The van der Waals surface area contributed by atoms with Crippen LogP contribution in [0.15, 0.2) is 46.0 Å². The predicted molar refractivity (Wildman–Crippen MR) is 119 cm³/mol. The van der Waals surface area contributed by atoms with Crippen LogP contribution in [0.2, 0.25) is 0 Å². The molecule has 2 aliphatic heterocycles. The minimum atomic E-state index is -3.50. The topological polar surface area (TPSA) is 69.7 Å². The molecule has 2 saturated heterocycles. The molecule has 2 fully saturated rings. The smallest absolute Gasteiger partial charge is 0.252 e. The highest BCUT2D eigenvalue weighted by Gasteiger charge is 2.33. The molecule has 30 heavy (non-hydrogen) atoms. The van der Waals surface area contributed by atoms with E-state index in [4.69, 9.17) is 0 Å². The number of amides is 1. The van der Waals surface area contributed by atoms with Crippen LogP contribution in [0.4, 0.5) is 0 Å². The van der Waals surface area contributed by atoms with Crippen molar-refractivity contribution in [2.75, 3.05) is 26.2 Å². The Balaban J connectivity index is 1.33. The monoisotopic (exact) mass is 447 g/mol. The maximum atomic E-state index is 12.8. The van der Waals surface area contributed by atoms with Crippen molar-refractivity contribution >= 4 is 27.3 Å². The van der Waals surface area contributed by atoms with Crippen LogP contribution in [0.1, 0.15) is 36.8 Å². The molecule has 0 radical (unpaired) electrons. The molecule has 0 saturated carbocycles. The van der Waals surface area contributed by atoms with Gasteiger partial charge in [0.2, 0.25) is 5.91 Å². The molecule has 1 amide bonds. The van der Waals surface area contributed by atoms with Gasteiger partial charge in [-0.2, -0.15) is 4.31 Å². The van der Waals surface area contributed by atoms with Crippen LogP contribution in [0, 0.1) is 5.92 Å². The molecule has 1 atom stereocenters. The fourth-order valence-electron chi connectivity index (χ4n) is 4.28. The van der Waals surface area contributed by atoms with E-state index < -0.39 is 10.0 Å². The van der Waals surface area contributed by atoms with Gasteiger partial charge < -0.3 is 5.32 Å². The van der Waals surface area contributed by atoms with Gasteiger partial charge in [-0.15, -0.1) is 11.3 Å². The number of nitrogens with one attached hydrogen (secondary N) is 1. The molecule has 1 unspecified atom stereocenters. The summed E-state index contributed by atoms with van der Waals surface area (Å²) in [7, 11) is -3.50. The summed E-state index contributed by atoms with van der Waals surface area (Å²) in [4.78, 5) is 15.2. The molecule has 6 nitrogen and oxygen atoms in total. The van der Waals surface area contributed by atoms with Crippen molar-refractivity contribution in [3.05, 3.63) is 52.9 Å². The molecular weight excluding hydrogens is 418 g/mol. The summed E-state index contributed by atoms with van der Waals surface area (Å²) in [5, 5.41) is 4.79. The maximum Gasteiger partial charge on any atom is 0.252 e. The number of hydrogen-bond donors (Lipinski definition) is 1. The number of nitrogens with zero attached hydrogens (tertiary/aromatic N) is 2. The van der Waals surface area contributed by atoms with Gasteiger partial charge in [0, 0.05) is 26.2 Å². The number of benzene rings is 1. The molecule has 4 rings (SSSR count). The Morgan fingerprint density at radius 3 is 2.63 bits per heavy atom. The zero-order chi connectivity index (χ0) is 21.0. The van der Waals surface area contributed by atoms with Crippen LogP contribution >= 0.6 is 11.3 Å². The van der Waals surface area contributed by atoms with Crippen LogP contribution in [0.25, 0.3) is 0 Å². The molecule has 8 heteroatoms. The van der Waals surface area contributed by atoms with Crippen molar-refractivity contribution < 1.29 is 13.2 Å². The lowest BCUT2D eigenvalue weighted by molar-refractivity contribution is -0.126. The molecule has 2 aromatic rings. The van der Waals surface area contributed by atoms with Crippen molar-refractivity contribution in [2.45, 2.75) is 43.0 Å². The minimum absolute atomic E-state index is 0.0639. The zero-order valence-electron chi connectivity index (χ0n) is 17.1. The van der Waals surface area contributed by atoms with Crippen molar-refractivity contribution in [1.82, 2.24) is 14.5 Å². The molecule has 1 N–H and O–H groups in total. The lowest BCUT2D eigenvalue weighted by atomic mass is 9.98. The van der Waals surface area contributed by atoms with E-state index in [1.165, 1.54) is 34.0 Å². The van der Waals surface area contributed by atoms with Gasteiger partial charge in [0.15, 0.2) is 0 Å². The summed E-state index contributed by atoms with van der Waals surface area (Å²) in [5.74, 6) is -0.368. The Morgan fingerprint density at radius 2 is 1.87 bits per heavy atom. The van der Waals surface area contributed by atoms with Gasteiger partial charge in [-0.25, -0.2) is 8.42 Å². The van der Waals surface area contributed by atoms with E-state index in [2.05, 4.69) is 22.3 Å². The number of carbonyl (C=O) groups excluding carboxylic acids is 1. The van der Waals surface area contributed by atoms with E-state index in [1.807, 2.05) is 12.1 Å². The largest absolute Gasteiger partial charge is 0.352 e. The SMILES string of the molecule is O=C(NCc1cccc(CN2CCCC2)c1)C1CCCN(S(=O)(=O)c2cccs2)C1. The number of rotatable bonds is 7. The highest BCUT2D eigenvalue weighted by Crippen LogP contribution is 2.26. The normalized spacial score (nSPS) is 21.0. The maximum absolute atomic E-state index is 12.8. The van der Waals surface area contributed by atoms with Crippen LogP contribution < -0.4 is 5.32 Å². The molecule has 2 aliphatic rings. The van der Waals surface area contributed by atoms with Crippen LogP contribution in [0.3, 0.4) is 0 Å². The molecular formula is C22H29N3O3S2. The average molecular weight is 448 g/mol. The van der Waals surface area contributed by atoms with Crippen molar-refractivity contribution in [3.8, 4) is 0 Å². The summed E-state index contributed by atoms with van der Waals surface area (Å²) in [6.45, 7) is 4.48. The summed E-state index contributed by atoms with van der Waals surface area (Å²) in [5.41, 5.74) is 2.36. The summed E-state index contributed by atoms with van der Waals surface area (Å²) in [6.07, 6.45) is 3.97. The van der Waals surface area contributed by atoms with Crippen LogP contribution in [-0.4, -0.2) is 49.7 Å². The lowest BCUT2D eigenvalue weighted by Gasteiger charge is -2.30. The van der Waals surface area contributed by atoms with Crippen molar-refractivity contribution in [3.63, 3.8) is 0 Å². The van der Waals surface area contributed by atoms with Gasteiger partial charge in [0.25, 0.3) is 10.0 Å². The van der Waals surface area contributed by atoms with Gasteiger partial charge in [-0.05, 0) is 61.3 Å². The number of piperidine rings is 1. The highest BCUT2D eigenvalue weighted by atomic mass is 32.2. The third-order valence-corrected chi connectivity index (χ3v) is 9.15. The van der Waals surface area contributed by atoms with E-state index in [1.54, 1.807) is 17.5 Å². The van der Waals surface area contributed by atoms with Gasteiger partial charge in [0.05, 0.1) is 5.92 Å². The Labute approximate surface area is 182 Å². The predicted octanol–water partition coefficient (Wildman–Crippen LogP) is 3.06. The van der Waals surface area contributed by atoms with E-state index in [-0.39, 0.29) is 18.4 Å². The highest BCUT2D eigenvalue weighted by molar-refractivity contribution is 7.91. The fraction of sp³-hybridized carbons (Fsp3) is 0.500. The number of carbonyl (C=O) groups is 1. The van der Waals surface area contributed by atoms with E-state index in [0.29, 0.717) is 23.7 Å². The first kappa shape index (κ1) is 21.5. The molecule has 3 heterocycles. The third-order valence-electron chi connectivity index (χ3n) is 5.91. The van der Waals surface area contributed by atoms with E-state index in [9.17, 15) is 13.2 Å². The number of hydrogen-bond acceptors (Lipinski definition) is 5. The standard InChI is InChI=1S/C22H29N3O3S2/c26-22(20-8-4-12-25(17-20)30(27,28)21-9-5-13-29-21)23-15-18-6-3-7-19(14-18)16-24-10-1-2-11-24/h3,5-7,9,13-14,20H,1-2,4,8,10-12,15-17H2,(H,23,26). The molecule has 1 aromatic heterocycles. The van der Waals surface area contributed by atoms with Crippen LogP contribution in [-0.2, 0) is 27.9 Å². The van der Waals surface area contributed by atoms with Gasteiger partial charge in [-0.1, -0.05) is 30.3 Å². The lowest BCUT2D eigenvalue weighted by Crippen LogP contribution is -2.45. The minimum Gasteiger partial charge on any atom is -0.352 e. The second kappa shape index (κ2) is 9.60. The van der Waals surface area contributed by atoms with E-state index in [0.717, 1.165) is 31.6 Å². The number of thiophene rings is 1. The summed E-state index contributed by atoms with van der Waals surface area (Å²) in [6, 6.07) is 11.7. The number of likely N-dealkylation sites (tertiary alicyclic amines) is 1. The zero-order valence-corrected chi connectivity index (χ0v) is 18.8. The molecule has 0 spiro atoms. The van der Waals surface area contributed by atoms with Gasteiger partial charge in [0.1, 0.15) is 4.21 Å². The average Bonchev–Trinajstić information content (AvgIpc) is 3.47. The fourth-order valence-corrected chi connectivity index (χ4v) is 6.95. The van der Waals surface area contributed by atoms with Crippen LogP contribution in [0.5, 0.6) is 0 Å². The first-order valence-corrected chi connectivity index (χ1v) is 13.0. The molecule has 1 aromatic carbocycles. The summed E-state index contributed by atoms with van der Waals surface area (Å²) < 4.78 is 27.4. The second-order valence-corrected chi connectivity index (χ2v) is 11.3. The molecule has 0 aliphatic carbocycles. The van der Waals surface area contributed by atoms with Gasteiger partial charge >= 0.3 is 0 Å². The third kappa shape index (κ3) is 5.11. The number of sulfonamides is 1. The Bertz CT molecular complexity index is 954. The second-order valence-electron chi connectivity index (χ2n) is 8.16. The van der Waals surface area contributed by atoms with Crippen molar-refractivity contribution in [2.24, 2.45) is 5.92 Å². The first-order chi connectivity index (χ1) is 14.5. The quantitative estimate of drug-likeness (QED) is 0.708. The van der Waals surface area contributed by atoms with E-state index >= 15 is 0 Å². The Morgan fingerprint density at radius 1 is 1.07 bits per heavy atom. The molecule has 162 valence electrons. The Hall–Kier alpha value is -1.74.